The molecule has 0 saturated heterocycles. The van der Waals surface area contributed by atoms with Crippen LogP contribution in [0.25, 0.3) is 0 Å². The summed E-state index contributed by atoms with van der Waals surface area (Å²) < 4.78 is 55.1. The summed E-state index contributed by atoms with van der Waals surface area (Å²) in [6.07, 6.45) is -5.50. The lowest BCUT2D eigenvalue weighted by atomic mass is 10.2. The average molecular weight is 324 g/mol. The smallest absolute Gasteiger partial charge is 0.448 e. The van der Waals surface area contributed by atoms with E-state index in [9.17, 15) is 32.3 Å². The largest absolute Gasteiger partial charge is 0.462 e. The molecule has 0 heterocycles. The third kappa shape index (κ3) is 4.07. The summed E-state index contributed by atoms with van der Waals surface area (Å²) in [5.41, 5.74) is -4.25. The third-order valence-corrected chi connectivity index (χ3v) is 2.38. The molecular weight excluding hydrogens is 312 g/mol. The van der Waals surface area contributed by atoms with Gasteiger partial charge in [-0.3, -0.25) is 5.32 Å². The Bertz CT molecular complexity index is 547. The minimum absolute atomic E-state index is 0.0488. The second kappa shape index (κ2) is 6.60. The maximum Gasteiger partial charge on any atom is 0.448 e. The first-order valence-electron chi connectivity index (χ1n) is 5.91. The van der Waals surface area contributed by atoms with E-state index >= 15 is 0 Å². The number of halogens is 4. The van der Waals surface area contributed by atoms with Gasteiger partial charge in [-0.15, -0.1) is 0 Å². The molecule has 10 heteroatoms. The van der Waals surface area contributed by atoms with Crippen LogP contribution in [0.1, 0.15) is 6.92 Å². The van der Waals surface area contributed by atoms with Gasteiger partial charge in [0.05, 0.1) is 6.61 Å². The Hall–Kier alpha value is -2.36. The van der Waals surface area contributed by atoms with Crippen molar-refractivity contribution in [3.63, 3.8) is 0 Å². The van der Waals surface area contributed by atoms with E-state index in [2.05, 4.69) is 4.74 Å². The number of carbonyl (C=O) groups is 2. The number of esters is 1. The van der Waals surface area contributed by atoms with Crippen molar-refractivity contribution in [3.05, 3.63) is 30.1 Å². The summed E-state index contributed by atoms with van der Waals surface area (Å²) >= 11 is 0. The maximum atomic E-state index is 12.8. The van der Waals surface area contributed by atoms with Gasteiger partial charge < -0.3 is 15.2 Å². The van der Waals surface area contributed by atoms with Gasteiger partial charge in [-0.25, -0.2) is 14.0 Å². The van der Waals surface area contributed by atoms with E-state index in [1.165, 1.54) is 6.92 Å². The molecule has 0 fully saturated rings. The van der Waals surface area contributed by atoms with Crippen molar-refractivity contribution in [1.29, 1.82) is 0 Å². The second-order valence-corrected chi connectivity index (χ2v) is 4.01. The predicted octanol–water partition coefficient (Wildman–Crippen LogP) is 1.76. The molecule has 3 N–H and O–H groups in total. The Morgan fingerprint density at radius 1 is 1.23 bits per heavy atom. The SMILES string of the molecule is CCOC(=O)[C@@](O)(NC(=O)Nc1ccc(F)cc1)C(F)(F)F. The number of benzene rings is 1. The van der Waals surface area contributed by atoms with Gasteiger partial charge in [0.1, 0.15) is 5.82 Å². The number of ether oxygens (including phenoxy) is 1. The minimum Gasteiger partial charge on any atom is -0.462 e. The van der Waals surface area contributed by atoms with Crippen LogP contribution in [0.2, 0.25) is 0 Å². The summed E-state index contributed by atoms with van der Waals surface area (Å²) in [6.45, 7) is 0.797. The molecule has 0 radical (unpaired) electrons. The molecule has 0 spiro atoms. The molecule has 0 aliphatic heterocycles. The number of hydrogen-bond donors (Lipinski definition) is 3. The van der Waals surface area contributed by atoms with Crippen LogP contribution in [0.5, 0.6) is 0 Å². The first kappa shape index (κ1) is 17.7. The normalized spacial score (nSPS) is 13.9. The summed E-state index contributed by atoms with van der Waals surface area (Å²) in [4.78, 5) is 22.7. The van der Waals surface area contributed by atoms with Crippen molar-refractivity contribution < 1.29 is 37.0 Å². The molecule has 1 atom stereocenters. The Kier molecular flexibility index (Phi) is 5.31. The van der Waals surface area contributed by atoms with Gasteiger partial charge >= 0.3 is 23.9 Å². The fourth-order valence-electron chi connectivity index (χ4n) is 1.33. The third-order valence-electron chi connectivity index (χ3n) is 2.38. The summed E-state index contributed by atoms with van der Waals surface area (Å²) in [7, 11) is 0. The molecule has 0 unspecified atom stereocenters. The molecule has 6 nitrogen and oxygen atoms in total. The van der Waals surface area contributed by atoms with Crippen molar-refractivity contribution in [3.8, 4) is 0 Å². The zero-order valence-electron chi connectivity index (χ0n) is 11.2. The van der Waals surface area contributed by atoms with Crippen LogP contribution in [-0.4, -0.2) is 35.6 Å². The highest BCUT2D eigenvalue weighted by atomic mass is 19.4. The highest BCUT2D eigenvalue weighted by Crippen LogP contribution is 2.29. The van der Waals surface area contributed by atoms with Crippen LogP contribution in [0.4, 0.5) is 28.0 Å². The molecule has 0 saturated carbocycles. The summed E-state index contributed by atoms with van der Waals surface area (Å²) in [5.74, 6) is -2.69. The predicted molar refractivity (Wildman–Crippen MR) is 66.2 cm³/mol. The lowest BCUT2D eigenvalue weighted by Crippen LogP contribution is -2.65. The van der Waals surface area contributed by atoms with E-state index in [1.54, 1.807) is 0 Å². The molecule has 0 aromatic heterocycles. The van der Waals surface area contributed by atoms with Crippen LogP contribution in [0.3, 0.4) is 0 Å². The van der Waals surface area contributed by atoms with Crippen molar-refractivity contribution in [2.75, 3.05) is 11.9 Å². The van der Waals surface area contributed by atoms with Crippen LogP contribution in [0.15, 0.2) is 24.3 Å². The van der Waals surface area contributed by atoms with Crippen LogP contribution in [-0.2, 0) is 9.53 Å². The quantitative estimate of drug-likeness (QED) is 0.447. The lowest BCUT2D eigenvalue weighted by Gasteiger charge is -2.28. The Morgan fingerprint density at radius 2 is 1.77 bits per heavy atom. The number of amides is 2. The molecule has 1 aromatic carbocycles. The van der Waals surface area contributed by atoms with Gasteiger partial charge in [0.2, 0.25) is 0 Å². The number of rotatable bonds is 4. The van der Waals surface area contributed by atoms with E-state index < -0.39 is 36.3 Å². The Morgan fingerprint density at radius 3 is 2.23 bits per heavy atom. The Balaban J connectivity index is 2.88. The maximum absolute atomic E-state index is 12.8. The van der Waals surface area contributed by atoms with Crippen molar-refractivity contribution >= 4 is 17.7 Å². The van der Waals surface area contributed by atoms with E-state index in [1.807, 2.05) is 5.32 Å². The van der Waals surface area contributed by atoms with E-state index in [-0.39, 0.29) is 5.69 Å². The molecule has 2 amide bonds. The second-order valence-electron chi connectivity index (χ2n) is 4.01. The fraction of sp³-hybridized carbons (Fsp3) is 0.333. The van der Waals surface area contributed by atoms with Crippen LogP contribution >= 0.6 is 0 Å². The molecule has 1 aromatic rings. The topological polar surface area (TPSA) is 87.7 Å². The van der Waals surface area contributed by atoms with Crippen LogP contribution in [0, 0.1) is 5.82 Å². The number of hydrogen-bond acceptors (Lipinski definition) is 4. The Labute approximate surface area is 122 Å². The van der Waals surface area contributed by atoms with Gasteiger partial charge in [-0.2, -0.15) is 13.2 Å². The molecule has 0 bridgehead atoms. The number of nitrogens with one attached hydrogen (secondary N) is 2. The van der Waals surface area contributed by atoms with E-state index in [0.29, 0.717) is 0 Å². The highest BCUT2D eigenvalue weighted by molar-refractivity contribution is 5.93. The standard InChI is InChI=1S/C12H12F4N2O4/c1-2-22-9(19)11(21,12(14,15)16)18-10(20)17-8-5-3-7(13)4-6-8/h3-6,21H,2H2,1H3,(H2,17,18,20)/t11-/m0/s1. The minimum atomic E-state index is -5.50. The van der Waals surface area contributed by atoms with Crippen molar-refractivity contribution in [2.24, 2.45) is 0 Å². The van der Waals surface area contributed by atoms with Gasteiger partial charge in [-0.05, 0) is 31.2 Å². The van der Waals surface area contributed by atoms with E-state index in [4.69, 9.17) is 0 Å². The molecule has 1 rings (SSSR count). The highest BCUT2D eigenvalue weighted by Gasteiger charge is 2.62. The molecule has 0 aliphatic rings. The average Bonchev–Trinajstić information content (AvgIpc) is 2.40. The number of carbonyl (C=O) groups excluding carboxylic acids is 2. The summed E-state index contributed by atoms with van der Waals surface area (Å²) in [5, 5.41) is 12.4. The fourth-order valence-corrected chi connectivity index (χ4v) is 1.33. The van der Waals surface area contributed by atoms with Gasteiger partial charge in [-0.1, -0.05) is 0 Å². The number of aliphatic hydroxyl groups is 1. The monoisotopic (exact) mass is 324 g/mol. The number of alkyl halides is 3. The number of urea groups is 1. The number of anilines is 1. The molecule has 122 valence electrons. The van der Waals surface area contributed by atoms with Crippen LogP contribution < -0.4 is 10.6 Å². The first-order chi connectivity index (χ1) is 10.1. The summed E-state index contributed by atoms with van der Waals surface area (Å²) in [6, 6.07) is 2.53. The van der Waals surface area contributed by atoms with Crippen molar-refractivity contribution in [2.45, 2.75) is 18.8 Å². The van der Waals surface area contributed by atoms with Gasteiger partial charge in [0.15, 0.2) is 0 Å². The van der Waals surface area contributed by atoms with Gasteiger partial charge in [0, 0.05) is 5.69 Å². The van der Waals surface area contributed by atoms with Gasteiger partial charge in [0.25, 0.3) is 0 Å². The first-order valence-corrected chi connectivity index (χ1v) is 5.91. The zero-order chi connectivity index (χ0) is 17.0. The molecular formula is C12H12F4N2O4. The molecule has 22 heavy (non-hydrogen) atoms. The van der Waals surface area contributed by atoms with Crippen molar-refractivity contribution in [1.82, 2.24) is 5.32 Å². The lowest BCUT2D eigenvalue weighted by molar-refractivity contribution is -0.268. The zero-order valence-corrected chi connectivity index (χ0v) is 11.2. The van der Waals surface area contributed by atoms with E-state index in [0.717, 1.165) is 29.6 Å². The molecule has 0 aliphatic carbocycles.